The molecule has 0 bridgehead atoms. The predicted molar refractivity (Wildman–Crippen MR) is 76.9 cm³/mol. The van der Waals surface area contributed by atoms with Gasteiger partial charge in [0.1, 0.15) is 0 Å². The Hall–Kier alpha value is -1.93. The number of carbonyl (C=O) groups is 1. The largest absolute Gasteiger partial charge is 0.366 e. The van der Waals surface area contributed by atoms with Crippen LogP contribution in [0.25, 0.3) is 5.69 Å². The van der Waals surface area contributed by atoms with E-state index in [0.29, 0.717) is 5.56 Å². The number of nitrogens with two attached hydrogens (primary N) is 1. The molecule has 8 heteroatoms. The maximum Gasteiger partial charge on any atom is 0.248 e. The van der Waals surface area contributed by atoms with Crippen LogP contribution < -0.4 is 5.73 Å². The van der Waals surface area contributed by atoms with Gasteiger partial charge in [0.15, 0.2) is 0 Å². The highest BCUT2D eigenvalue weighted by molar-refractivity contribution is 7.99. The average Bonchev–Trinajstić information content (AvgIpc) is 2.87. The Labute approximate surface area is 121 Å². The normalized spacial score (nSPS) is 10.9. The van der Waals surface area contributed by atoms with Gasteiger partial charge < -0.3 is 10.6 Å². The van der Waals surface area contributed by atoms with Crippen molar-refractivity contribution in [2.75, 3.05) is 26.4 Å². The van der Waals surface area contributed by atoms with Crippen molar-refractivity contribution in [3.8, 4) is 5.69 Å². The lowest BCUT2D eigenvalue weighted by Crippen LogP contribution is -2.15. The van der Waals surface area contributed by atoms with Gasteiger partial charge in [-0.3, -0.25) is 4.79 Å². The molecule has 2 N–H and O–H groups in total. The second-order valence-corrected chi connectivity index (χ2v) is 5.50. The third kappa shape index (κ3) is 3.55. The summed E-state index contributed by atoms with van der Waals surface area (Å²) >= 11 is 1.58. The fourth-order valence-electron chi connectivity index (χ4n) is 1.52. The van der Waals surface area contributed by atoms with Crippen LogP contribution in [0.2, 0.25) is 0 Å². The molecule has 0 atom stereocenters. The fraction of sp³-hybridized carbons (Fsp3) is 0.333. The van der Waals surface area contributed by atoms with E-state index in [1.165, 1.54) is 0 Å². The summed E-state index contributed by atoms with van der Waals surface area (Å²) in [6.45, 7) is 0.943. The summed E-state index contributed by atoms with van der Waals surface area (Å²) in [5, 5.41) is 12.4. The van der Waals surface area contributed by atoms with Gasteiger partial charge in [-0.1, -0.05) is 11.8 Å². The molecule has 0 radical (unpaired) electrons. The molecule has 7 nitrogen and oxygen atoms in total. The molecule has 0 fully saturated rings. The van der Waals surface area contributed by atoms with Gasteiger partial charge >= 0.3 is 0 Å². The van der Waals surface area contributed by atoms with Gasteiger partial charge in [-0.15, -0.1) is 5.10 Å². The topological polar surface area (TPSA) is 89.9 Å². The zero-order valence-electron chi connectivity index (χ0n) is 11.4. The van der Waals surface area contributed by atoms with E-state index in [2.05, 4.69) is 20.4 Å². The Morgan fingerprint density at radius 2 is 2.05 bits per heavy atom. The molecule has 1 amide bonds. The highest BCUT2D eigenvalue weighted by atomic mass is 32.2. The SMILES string of the molecule is CN(C)CCSc1nnnn1-c1ccc(C(N)=O)cc1. The van der Waals surface area contributed by atoms with Crippen molar-refractivity contribution >= 4 is 17.7 Å². The van der Waals surface area contributed by atoms with Crippen LogP contribution in [0.15, 0.2) is 29.4 Å². The molecular weight excluding hydrogens is 276 g/mol. The number of nitrogens with zero attached hydrogens (tertiary/aromatic N) is 5. The third-order valence-corrected chi connectivity index (χ3v) is 3.51. The van der Waals surface area contributed by atoms with Gasteiger partial charge in [0.2, 0.25) is 11.1 Å². The molecule has 2 aromatic rings. The highest BCUT2D eigenvalue weighted by Gasteiger charge is 2.09. The van der Waals surface area contributed by atoms with Crippen molar-refractivity contribution in [3.63, 3.8) is 0 Å². The lowest BCUT2D eigenvalue weighted by Gasteiger charge is -2.08. The molecule has 0 saturated carbocycles. The minimum atomic E-state index is -0.450. The molecule has 106 valence electrons. The molecule has 0 spiro atoms. The lowest BCUT2D eigenvalue weighted by molar-refractivity contribution is 0.100. The summed E-state index contributed by atoms with van der Waals surface area (Å²) in [7, 11) is 4.04. The van der Waals surface area contributed by atoms with Crippen molar-refractivity contribution in [2.24, 2.45) is 5.73 Å². The summed E-state index contributed by atoms with van der Waals surface area (Å²) < 4.78 is 1.64. The minimum Gasteiger partial charge on any atom is -0.366 e. The number of hydrogen-bond donors (Lipinski definition) is 1. The van der Waals surface area contributed by atoms with Crippen LogP contribution in [0.3, 0.4) is 0 Å². The highest BCUT2D eigenvalue weighted by Crippen LogP contribution is 2.18. The van der Waals surface area contributed by atoms with Crippen LogP contribution in [0, 0.1) is 0 Å². The van der Waals surface area contributed by atoms with Gasteiger partial charge in [-0.25, -0.2) is 0 Å². The third-order valence-electron chi connectivity index (χ3n) is 2.61. The summed E-state index contributed by atoms with van der Waals surface area (Å²) in [5.41, 5.74) is 6.47. The Bertz CT molecular complexity index is 580. The van der Waals surface area contributed by atoms with Crippen molar-refractivity contribution in [1.82, 2.24) is 25.1 Å². The molecular formula is C12H16N6OS. The number of hydrogen-bond acceptors (Lipinski definition) is 6. The molecule has 0 saturated heterocycles. The van der Waals surface area contributed by atoms with Crippen molar-refractivity contribution in [1.29, 1.82) is 0 Å². The molecule has 1 aromatic carbocycles. The molecule has 20 heavy (non-hydrogen) atoms. The second-order valence-electron chi connectivity index (χ2n) is 4.44. The van der Waals surface area contributed by atoms with Crippen LogP contribution in [-0.4, -0.2) is 57.4 Å². The number of amides is 1. The Kier molecular flexibility index (Phi) is 4.70. The number of primary amides is 1. The van der Waals surface area contributed by atoms with Crippen LogP contribution in [0.4, 0.5) is 0 Å². The van der Waals surface area contributed by atoms with Crippen LogP contribution in [0.1, 0.15) is 10.4 Å². The zero-order valence-corrected chi connectivity index (χ0v) is 12.2. The maximum atomic E-state index is 11.0. The van der Waals surface area contributed by atoms with E-state index >= 15 is 0 Å². The second kappa shape index (κ2) is 6.49. The maximum absolute atomic E-state index is 11.0. The number of carbonyl (C=O) groups excluding carboxylic acids is 1. The van der Waals surface area contributed by atoms with Crippen LogP contribution in [-0.2, 0) is 0 Å². The zero-order chi connectivity index (χ0) is 14.5. The van der Waals surface area contributed by atoms with Crippen molar-refractivity contribution < 1.29 is 4.79 Å². The first-order chi connectivity index (χ1) is 9.58. The number of rotatable bonds is 6. The van der Waals surface area contributed by atoms with E-state index in [9.17, 15) is 4.79 Å². The summed E-state index contributed by atoms with van der Waals surface area (Å²) in [6.07, 6.45) is 0. The van der Waals surface area contributed by atoms with E-state index in [4.69, 9.17) is 5.73 Å². The smallest absolute Gasteiger partial charge is 0.248 e. The van der Waals surface area contributed by atoms with Crippen LogP contribution >= 0.6 is 11.8 Å². The Morgan fingerprint density at radius 1 is 1.35 bits per heavy atom. The number of aromatic nitrogens is 4. The summed E-state index contributed by atoms with van der Waals surface area (Å²) in [4.78, 5) is 13.1. The van der Waals surface area contributed by atoms with Gasteiger partial charge in [-0.2, -0.15) is 4.68 Å². The molecule has 2 rings (SSSR count). The van der Waals surface area contributed by atoms with Gasteiger partial charge in [0.05, 0.1) is 5.69 Å². The van der Waals surface area contributed by atoms with E-state index in [1.54, 1.807) is 40.7 Å². The average molecular weight is 292 g/mol. The quantitative estimate of drug-likeness (QED) is 0.776. The fourth-order valence-corrected chi connectivity index (χ4v) is 2.51. The minimum absolute atomic E-state index is 0.450. The first kappa shape index (κ1) is 14.5. The van der Waals surface area contributed by atoms with E-state index < -0.39 is 5.91 Å². The number of tetrazole rings is 1. The van der Waals surface area contributed by atoms with E-state index in [0.717, 1.165) is 23.1 Å². The van der Waals surface area contributed by atoms with E-state index in [-0.39, 0.29) is 0 Å². The monoisotopic (exact) mass is 292 g/mol. The van der Waals surface area contributed by atoms with Gasteiger partial charge in [0, 0.05) is 17.9 Å². The van der Waals surface area contributed by atoms with Crippen LogP contribution in [0.5, 0.6) is 0 Å². The standard InChI is InChI=1S/C12H16N6OS/c1-17(2)7-8-20-12-14-15-16-18(12)10-5-3-9(4-6-10)11(13)19/h3-6H,7-8H2,1-2H3,(H2,13,19). The van der Waals surface area contributed by atoms with Crippen molar-refractivity contribution in [2.45, 2.75) is 5.16 Å². The summed E-state index contributed by atoms with van der Waals surface area (Å²) in [5.74, 6) is 0.445. The molecule has 1 heterocycles. The van der Waals surface area contributed by atoms with Gasteiger partial charge in [-0.05, 0) is 48.8 Å². The Morgan fingerprint density at radius 3 is 2.65 bits per heavy atom. The number of benzene rings is 1. The molecule has 0 aliphatic rings. The molecule has 0 aliphatic carbocycles. The Balaban J connectivity index is 2.12. The molecule has 0 aliphatic heterocycles. The van der Waals surface area contributed by atoms with Crippen molar-refractivity contribution in [3.05, 3.63) is 29.8 Å². The molecule has 1 aromatic heterocycles. The van der Waals surface area contributed by atoms with Gasteiger partial charge in [0.25, 0.3) is 0 Å². The summed E-state index contributed by atoms with van der Waals surface area (Å²) in [6, 6.07) is 6.86. The number of thioether (sulfide) groups is 1. The first-order valence-corrected chi connectivity index (χ1v) is 7.02. The molecule has 0 unspecified atom stereocenters. The first-order valence-electron chi connectivity index (χ1n) is 6.04. The van der Waals surface area contributed by atoms with E-state index in [1.807, 2.05) is 14.1 Å². The lowest BCUT2D eigenvalue weighted by atomic mass is 10.2. The predicted octanol–water partition coefficient (Wildman–Crippen LogP) is 0.415.